The van der Waals surface area contributed by atoms with Crippen LogP contribution in [0.2, 0.25) is 0 Å². The molecule has 168 valence electrons. The van der Waals surface area contributed by atoms with Crippen molar-refractivity contribution in [2.75, 3.05) is 0 Å². The predicted molar refractivity (Wildman–Crippen MR) is 154 cm³/mol. The molecule has 0 aliphatic rings. The maximum atomic E-state index is 6.15. The summed E-state index contributed by atoms with van der Waals surface area (Å²) in [6, 6.07) is 34.4. The molecular formula is C31H16N2OS2. The van der Waals surface area contributed by atoms with Crippen LogP contribution in [0.3, 0.4) is 0 Å². The molecule has 0 radical (unpaired) electrons. The lowest BCUT2D eigenvalue weighted by Gasteiger charge is -2.03. The summed E-state index contributed by atoms with van der Waals surface area (Å²) in [5.74, 6) is 0. The van der Waals surface area contributed by atoms with Gasteiger partial charge in [-0.05, 0) is 30.3 Å². The second-order valence-electron chi connectivity index (χ2n) is 9.17. The molecule has 0 spiro atoms. The van der Waals surface area contributed by atoms with E-state index in [2.05, 4.69) is 89.5 Å². The number of aromatic nitrogens is 2. The van der Waals surface area contributed by atoms with Gasteiger partial charge in [-0.25, -0.2) is 4.98 Å². The minimum atomic E-state index is 0.884. The average Bonchev–Trinajstić information content (AvgIpc) is 3.67. The van der Waals surface area contributed by atoms with Gasteiger partial charge in [0, 0.05) is 31.6 Å². The standard InChI is InChI=1S/C31H16N2OS2/c1-4-10-22-17(7-1)19-13-14-20-18-8-3-6-12-25(18)35-30(20)29(19)33(22)31-32-28-26(36-31)16-15-24-27(28)21-9-2-5-11-23(21)34-24/h1-16H. The molecule has 3 nitrogen and oxygen atoms in total. The minimum absolute atomic E-state index is 0.884. The highest BCUT2D eigenvalue weighted by Gasteiger charge is 2.21. The highest BCUT2D eigenvalue weighted by molar-refractivity contribution is 7.26. The predicted octanol–water partition coefficient (Wildman–Crippen LogP) is 9.66. The molecule has 0 aliphatic carbocycles. The third kappa shape index (κ3) is 2.34. The fraction of sp³-hybridized carbons (Fsp3) is 0. The molecule has 0 fully saturated rings. The van der Waals surface area contributed by atoms with Gasteiger partial charge in [0.25, 0.3) is 0 Å². The van der Waals surface area contributed by atoms with Gasteiger partial charge < -0.3 is 4.42 Å². The smallest absolute Gasteiger partial charge is 0.195 e. The van der Waals surface area contributed by atoms with Crippen LogP contribution < -0.4 is 0 Å². The maximum Gasteiger partial charge on any atom is 0.195 e. The first-order valence-corrected chi connectivity index (χ1v) is 13.5. The van der Waals surface area contributed by atoms with E-state index < -0.39 is 0 Å². The average molecular weight is 497 g/mol. The molecule has 4 aromatic heterocycles. The lowest BCUT2D eigenvalue weighted by Crippen LogP contribution is -1.92. The topological polar surface area (TPSA) is 31.0 Å². The molecule has 9 rings (SSSR count). The molecule has 5 aromatic carbocycles. The second kappa shape index (κ2) is 6.72. The SMILES string of the molecule is c1ccc2c(c1)oc1ccc3sc(-n4c5ccccc5c5ccc6c7ccccc7sc6c54)nc3c12. The first-order valence-electron chi connectivity index (χ1n) is 11.9. The Morgan fingerprint density at radius 1 is 0.583 bits per heavy atom. The Kier molecular flexibility index (Phi) is 3.56. The first kappa shape index (κ1) is 19.1. The van der Waals surface area contributed by atoms with Crippen LogP contribution >= 0.6 is 22.7 Å². The van der Waals surface area contributed by atoms with Crippen molar-refractivity contribution in [3.8, 4) is 5.13 Å². The number of rotatable bonds is 1. The normalized spacial score (nSPS) is 12.4. The zero-order chi connectivity index (χ0) is 23.4. The number of hydrogen-bond acceptors (Lipinski definition) is 4. The first-order chi connectivity index (χ1) is 17.8. The Bertz CT molecular complexity index is 2330. The number of fused-ring (bicyclic) bond motifs is 12. The van der Waals surface area contributed by atoms with E-state index in [0.717, 1.165) is 32.6 Å². The zero-order valence-corrected chi connectivity index (χ0v) is 20.5. The highest BCUT2D eigenvalue weighted by atomic mass is 32.1. The largest absolute Gasteiger partial charge is 0.456 e. The van der Waals surface area contributed by atoms with Crippen molar-refractivity contribution in [2.24, 2.45) is 0 Å². The summed E-state index contributed by atoms with van der Waals surface area (Å²) in [4.78, 5) is 5.29. The van der Waals surface area contributed by atoms with Crippen molar-refractivity contribution in [1.29, 1.82) is 0 Å². The summed E-state index contributed by atoms with van der Waals surface area (Å²) in [5, 5.41) is 8.33. The van der Waals surface area contributed by atoms with Crippen molar-refractivity contribution in [3.63, 3.8) is 0 Å². The van der Waals surface area contributed by atoms with Crippen molar-refractivity contribution < 1.29 is 4.42 Å². The molecule has 5 heteroatoms. The maximum absolute atomic E-state index is 6.15. The van der Waals surface area contributed by atoms with Crippen LogP contribution in [-0.4, -0.2) is 9.55 Å². The van der Waals surface area contributed by atoms with E-state index >= 15 is 0 Å². The monoisotopic (exact) mass is 496 g/mol. The van der Waals surface area contributed by atoms with Gasteiger partial charge in [0.15, 0.2) is 5.13 Å². The minimum Gasteiger partial charge on any atom is -0.456 e. The fourth-order valence-corrected chi connectivity index (χ4v) is 7.95. The van der Waals surface area contributed by atoms with Crippen LogP contribution in [0.15, 0.2) is 101 Å². The Morgan fingerprint density at radius 2 is 1.36 bits per heavy atom. The fourth-order valence-electron chi connectivity index (χ4n) is 5.71. The highest BCUT2D eigenvalue weighted by Crippen LogP contribution is 2.44. The van der Waals surface area contributed by atoms with Gasteiger partial charge in [-0.2, -0.15) is 0 Å². The zero-order valence-electron chi connectivity index (χ0n) is 18.9. The molecule has 0 amide bonds. The number of nitrogens with zero attached hydrogens (tertiary/aromatic N) is 2. The van der Waals surface area contributed by atoms with Crippen molar-refractivity contribution in [1.82, 2.24) is 9.55 Å². The Balaban J connectivity index is 1.47. The summed E-state index contributed by atoms with van der Waals surface area (Å²) in [5.41, 5.74) is 5.21. The summed E-state index contributed by atoms with van der Waals surface area (Å²) >= 11 is 3.61. The number of hydrogen-bond donors (Lipinski definition) is 0. The van der Waals surface area contributed by atoms with Crippen LogP contribution in [0, 0.1) is 0 Å². The van der Waals surface area contributed by atoms with E-state index in [1.807, 2.05) is 23.5 Å². The van der Waals surface area contributed by atoms with Crippen molar-refractivity contribution >= 4 is 96.8 Å². The number of para-hydroxylation sites is 2. The molecule has 0 unspecified atom stereocenters. The molecule has 9 aromatic rings. The van der Waals surface area contributed by atoms with E-state index in [1.54, 1.807) is 11.3 Å². The molecule has 0 atom stereocenters. The summed E-state index contributed by atoms with van der Waals surface area (Å²) in [6.45, 7) is 0. The Labute approximate surface area is 212 Å². The lowest BCUT2D eigenvalue weighted by atomic mass is 10.1. The van der Waals surface area contributed by atoms with E-state index in [4.69, 9.17) is 9.40 Å². The van der Waals surface area contributed by atoms with Crippen LogP contribution in [0.1, 0.15) is 0 Å². The van der Waals surface area contributed by atoms with Gasteiger partial charge in [0.05, 0.1) is 31.3 Å². The van der Waals surface area contributed by atoms with E-state index in [0.29, 0.717) is 0 Å². The molecule has 0 bridgehead atoms. The summed E-state index contributed by atoms with van der Waals surface area (Å²) in [6.07, 6.45) is 0. The van der Waals surface area contributed by atoms with E-state index in [9.17, 15) is 0 Å². The van der Waals surface area contributed by atoms with Gasteiger partial charge in [-0.1, -0.05) is 78.1 Å². The van der Waals surface area contributed by atoms with Crippen LogP contribution in [0.5, 0.6) is 0 Å². The molecule has 0 saturated heterocycles. The van der Waals surface area contributed by atoms with Gasteiger partial charge in [-0.3, -0.25) is 4.57 Å². The quantitative estimate of drug-likeness (QED) is 0.226. The van der Waals surface area contributed by atoms with Crippen LogP contribution in [0.25, 0.3) is 79.3 Å². The molecule has 0 saturated carbocycles. The number of furan rings is 1. The van der Waals surface area contributed by atoms with Crippen LogP contribution in [-0.2, 0) is 0 Å². The third-order valence-electron chi connectivity index (χ3n) is 7.26. The van der Waals surface area contributed by atoms with Gasteiger partial charge >= 0.3 is 0 Å². The van der Waals surface area contributed by atoms with Gasteiger partial charge in [0.2, 0.25) is 0 Å². The second-order valence-corrected chi connectivity index (χ2v) is 11.2. The number of thiophene rings is 1. The lowest BCUT2D eigenvalue weighted by molar-refractivity contribution is 0.669. The van der Waals surface area contributed by atoms with Gasteiger partial charge in [-0.15, -0.1) is 11.3 Å². The number of benzene rings is 5. The van der Waals surface area contributed by atoms with Crippen molar-refractivity contribution in [2.45, 2.75) is 0 Å². The molecule has 0 aliphatic heterocycles. The van der Waals surface area contributed by atoms with Crippen molar-refractivity contribution in [3.05, 3.63) is 97.1 Å². The molecule has 36 heavy (non-hydrogen) atoms. The van der Waals surface area contributed by atoms with E-state index in [-0.39, 0.29) is 0 Å². The molecule has 4 heterocycles. The summed E-state index contributed by atoms with van der Waals surface area (Å²) < 4.78 is 12.3. The third-order valence-corrected chi connectivity index (χ3v) is 9.46. The summed E-state index contributed by atoms with van der Waals surface area (Å²) in [7, 11) is 0. The Hall–Kier alpha value is -4.19. The van der Waals surface area contributed by atoms with Crippen LogP contribution in [0.4, 0.5) is 0 Å². The molecular weight excluding hydrogens is 480 g/mol. The van der Waals surface area contributed by atoms with E-state index in [1.165, 1.54) is 46.7 Å². The Morgan fingerprint density at radius 3 is 2.31 bits per heavy atom. The number of thiazole rings is 1. The molecule has 0 N–H and O–H groups in total. The van der Waals surface area contributed by atoms with Gasteiger partial charge in [0.1, 0.15) is 11.2 Å².